The number of carbonyl (C=O) groups is 1. The molecule has 0 atom stereocenters. The molecule has 0 aliphatic rings. The van der Waals surface area contributed by atoms with Crippen LogP contribution in [0, 0.1) is 0 Å². The number of carboxylic acids is 1. The van der Waals surface area contributed by atoms with Crippen molar-refractivity contribution in [3.8, 4) is 0 Å². The first-order valence-electron chi connectivity index (χ1n) is 8.11. The fourth-order valence-corrected chi connectivity index (χ4v) is 1.96. The zero-order chi connectivity index (χ0) is 16.8. The van der Waals surface area contributed by atoms with Crippen LogP contribution in [0.2, 0.25) is 0 Å². The first-order chi connectivity index (χ1) is 11.2. The molecule has 0 aromatic carbocycles. The second kappa shape index (κ2) is 12.3. The molecule has 3 nitrogen and oxygen atoms in total. The number of carboxylic acid groups (broad SMARTS) is 1. The Balaban J connectivity index is 2.14. The van der Waals surface area contributed by atoms with Crippen molar-refractivity contribution in [3.05, 3.63) is 72.3 Å². The van der Waals surface area contributed by atoms with Crippen LogP contribution >= 0.6 is 0 Å². The Morgan fingerprint density at radius 2 is 1.43 bits per heavy atom. The van der Waals surface area contributed by atoms with Gasteiger partial charge in [0, 0.05) is 6.42 Å². The molecule has 0 fully saturated rings. The molecule has 1 aromatic heterocycles. The maximum Gasteiger partial charge on any atom is 0.311 e. The second-order valence-electron chi connectivity index (χ2n) is 5.14. The molecule has 124 valence electrons. The third kappa shape index (κ3) is 10.1. The molecule has 1 N–H and O–H groups in total. The van der Waals surface area contributed by atoms with Gasteiger partial charge >= 0.3 is 5.97 Å². The Bertz CT molecular complexity index is 559. The van der Waals surface area contributed by atoms with Crippen LogP contribution in [0.4, 0.5) is 0 Å². The summed E-state index contributed by atoms with van der Waals surface area (Å²) in [5.41, 5.74) is 0. The number of rotatable bonds is 11. The lowest BCUT2D eigenvalue weighted by molar-refractivity contribution is -0.136. The Kier molecular flexibility index (Phi) is 10.0. The molecule has 0 spiro atoms. The minimum atomic E-state index is -0.873. The summed E-state index contributed by atoms with van der Waals surface area (Å²) in [5, 5.41) is 8.68. The molecule has 1 heterocycles. The fourth-order valence-electron chi connectivity index (χ4n) is 1.96. The summed E-state index contributed by atoms with van der Waals surface area (Å²) in [6.45, 7) is 2.14. The number of allylic oxidation sites excluding steroid dienone is 8. The van der Waals surface area contributed by atoms with E-state index >= 15 is 0 Å². The zero-order valence-corrected chi connectivity index (χ0v) is 13.8. The van der Waals surface area contributed by atoms with Gasteiger partial charge in [-0.05, 0) is 37.8 Å². The molecular formula is C20H26O3. The van der Waals surface area contributed by atoms with Gasteiger partial charge in [0.05, 0.1) is 0 Å². The number of hydrogen-bond donors (Lipinski definition) is 1. The fraction of sp³-hybridized carbons (Fsp3) is 0.350. The van der Waals surface area contributed by atoms with Crippen LogP contribution in [-0.2, 0) is 17.6 Å². The van der Waals surface area contributed by atoms with Crippen LogP contribution in [0.5, 0.6) is 0 Å². The van der Waals surface area contributed by atoms with E-state index in [0.29, 0.717) is 12.2 Å². The molecule has 0 aliphatic carbocycles. The van der Waals surface area contributed by atoms with Crippen molar-refractivity contribution in [1.82, 2.24) is 0 Å². The van der Waals surface area contributed by atoms with Gasteiger partial charge in [-0.3, -0.25) is 4.79 Å². The predicted octanol–water partition coefficient (Wildman–Crippen LogP) is 5.25. The van der Waals surface area contributed by atoms with E-state index in [9.17, 15) is 4.79 Å². The Morgan fingerprint density at radius 1 is 0.913 bits per heavy atom. The average Bonchev–Trinajstić information content (AvgIpc) is 2.95. The summed E-state index contributed by atoms with van der Waals surface area (Å²) >= 11 is 0. The summed E-state index contributed by atoms with van der Waals surface area (Å²) in [4.78, 5) is 10.6. The zero-order valence-electron chi connectivity index (χ0n) is 13.8. The van der Waals surface area contributed by atoms with Gasteiger partial charge < -0.3 is 9.52 Å². The highest BCUT2D eigenvalue weighted by molar-refractivity contribution is 5.69. The lowest BCUT2D eigenvalue weighted by Gasteiger charge is -1.91. The minimum absolute atomic E-state index is 0.0613. The molecular weight excluding hydrogens is 288 g/mol. The van der Waals surface area contributed by atoms with Crippen LogP contribution in [0.25, 0.3) is 0 Å². The first kappa shape index (κ1) is 18.8. The van der Waals surface area contributed by atoms with Crippen LogP contribution < -0.4 is 0 Å². The van der Waals surface area contributed by atoms with Gasteiger partial charge in [-0.25, -0.2) is 0 Å². The van der Waals surface area contributed by atoms with Crippen molar-refractivity contribution >= 4 is 5.97 Å². The van der Waals surface area contributed by atoms with Gasteiger partial charge in [-0.2, -0.15) is 0 Å². The summed E-state index contributed by atoms with van der Waals surface area (Å²) in [6.07, 6.45) is 21.7. The molecule has 1 aromatic rings. The quantitative estimate of drug-likeness (QED) is 0.567. The highest BCUT2D eigenvalue weighted by Gasteiger charge is 2.04. The SMILES string of the molecule is CC/C=C/C/C=C\C/C=C/C/C=C/Cc1ccc(CC(=O)O)o1. The molecule has 0 bridgehead atoms. The number of aliphatic carboxylic acids is 1. The van der Waals surface area contributed by atoms with E-state index in [1.165, 1.54) is 0 Å². The van der Waals surface area contributed by atoms with Gasteiger partial charge in [0.15, 0.2) is 0 Å². The molecule has 0 radical (unpaired) electrons. The first-order valence-corrected chi connectivity index (χ1v) is 8.11. The highest BCUT2D eigenvalue weighted by Crippen LogP contribution is 2.10. The van der Waals surface area contributed by atoms with Crippen molar-refractivity contribution in [2.45, 2.75) is 45.4 Å². The van der Waals surface area contributed by atoms with E-state index in [2.05, 4.69) is 49.5 Å². The van der Waals surface area contributed by atoms with E-state index in [1.807, 2.05) is 12.1 Å². The summed E-state index contributed by atoms with van der Waals surface area (Å²) < 4.78 is 5.43. The lowest BCUT2D eigenvalue weighted by Crippen LogP contribution is -1.97. The standard InChI is InChI=1S/C20H26O3/c1-2-3-4-5-6-7-8-9-10-11-12-13-14-18-15-16-19(23-18)17-20(21)22/h3-4,6-7,9-10,12-13,15-16H,2,5,8,11,14,17H2,1H3,(H,21,22)/b4-3+,7-6-,10-9+,13-12+. The second-order valence-corrected chi connectivity index (χ2v) is 5.14. The van der Waals surface area contributed by atoms with Gasteiger partial charge in [0.1, 0.15) is 17.9 Å². The third-order valence-corrected chi connectivity index (χ3v) is 3.08. The molecule has 3 heteroatoms. The van der Waals surface area contributed by atoms with Crippen molar-refractivity contribution in [2.24, 2.45) is 0 Å². The normalized spacial score (nSPS) is 12.4. The molecule has 0 aliphatic heterocycles. The third-order valence-electron chi connectivity index (χ3n) is 3.08. The molecule has 0 unspecified atom stereocenters. The van der Waals surface area contributed by atoms with Gasteiger partial charge in [-0.1, -0.05) is 55.5 Å². The van der Waals surface area contributed by atoms with Crippen molar-refractivity contribution < 1.29 is 14.3 Å². The lowest BCUT2D eigenvalue weighted by atomic mass is 10.2. The van der Waals surface area contributed by atoms with Gasteiger partial charge in [0.2, 0.25) is 0 Å². The molecule has 0 saturated heterocycles. The van der Waals surface area contributed by atoms with Crippen LogP contribution in [0.1, 0.15) is 44.1 Å². The number of hydrogen-bond acceptors (Lipinski definition) is 2. The maximum absolute atomic E-state index is 10.6. The Hall–Kier alpha value is -2.29. The molecule has 1 rings (SSSR count). The number of furan rings is 1. The van der Waals surface area contributed by atoms with E-state index in [4.69, 9.17) is 9.52 Å². The van der Waals surface area contributed by atoms with Gasteiger partial charge in [0.25, 0.3) is 0 Å². The average molecular weight is 314 g/mol. The van der Waals surface area contributed by atoms with E-state index < -0.39 is 5.97 Å². The van der Waals surface area contributed by atoms with Crippen molar-refractivity contribution in [2.75, 3.05) is 0 Å². The largest absolute Gasteiger partial charge is 0.481 e. The summed E-state index contributed by atoms with van der Waals surface area (Å²) in [5.74, 6) is 0.424. The molecule has 0 saturated carbocycles. The summed E-state index contributed by atoms with van der Waals surface area (Å²) in [7, 11) is 0. The van der Waals surface area contributed by atoms with Crippen LogP contribution in [-0.4, -0.2) is 11.1 Å². The van der Waals surface area contributed by atoms with Crippen molar-refractivity contribution in [3.63, 3.8) is 0 Å². The molecule has 0 amide bonds. The topological polar surface area (TPSA) is 50.4 Å². The molecule has 23 heavy (non-hydrogen) atoms. The van der Waals surface area contributed by atoms with E-state index in [-0.39, 0.29) is 6.42 Å². The Labute approximate surface area is 138 Å². The monoisotopic (exact) mass is 314 g/mol. The van der Waals surface area contributed by atoms with Gasteiger partial charge in [-0.15, -0.1) is 0 Å². The van der Waals surface area contributed by atoms with Crippen LogP contribution in [0.15, 0.2) is 65.2 Å². The van der Waals surface area contributed by atoms with E-state index in [1.54, 1.807) is 6.07 Å². The maximum atomic E-state index is 10.6. The summed E-state index contributed by atoms with van der Waals surface area (Å²) in [6, 6.07) is 3.55. The smallest absolute Gasteiger partial charge is 0.311 e. The Morgan fingerprint density at radius 3 is 2.00 bits per heavy atom. The minimum Gasteiger partial charge on any atom is -0.481 e. The van der Waals surface area contributed by atoms with Crippen LogP contribution in [0.3, 0.4) is 0 Å². The predicted molar refractivity (Wildman–Crippen MR) is 94.5 cm³/mol. The van der Waals surface area contributed by atoms with Crippen molar-refractivity contribution in [1.29, 1.82) is 0 Å². The highest BCUT2D eigenvalue weighted by atomic mass is 16.4. The van der Waals surface area contributed by atoms with E-state index in [0.717, 1.165) is 31.4 Å².